The van der Waals surface area contributed by atoms with E-state index in [1.54, 1.807) is 0 Å². The van der Waals surface area contributed by atoms with Gasteiger partial charge in [-0.25, -0.2) is 0 Å². The zero-order chi connectivity index (χ0) is 10.9. The highest BCUT2D eigenvalue weighted by atomic mass is 33.1. The standard InChI is InChI=1S/C6H14O3S.C2H4S2/c1-3-5-9-10(7,8)6-4-2;1-2-4-3-1/h3-6H2,1-2H3;1-2H2. The van der Waals surface area contributed by atoms with Crippen LogP contribution in [-0.4, -0.2) is 32.3 Å². The van der Waals surface area contributed by atoms with Gasteiger partial charge in [-0.3, -0.25) is 4.18 Å². The molecule has 0 atom stereocenters. The molecule has 1 aliphatic rings. The van der Waals surface area contributed by atoms with E-state index in [0.29, 0.717) is 13.0 Å². The van der Waals surface area contributed by atoms with E-state index in [4.69, 9.17) is 0 Å². The summed E-state index contributed by atoms with van der Waals surface area (Å²) in [6.07, 6.45) is 1.36. The fourth-order valence-electron chi connectivity index (χ4n) is 0.603. The Morgan fingerprint density at radius 3 is 1.93 bits per heavy atom. The minimum Gasteiger partial charge on any atom is -0.270 e. The predicted octanol–water partition coefficient (Wildman–Crippen LogP) is 2.53. The van der Waals surface area contributed by atoms with Gasteiger partial charge in [-0.05, 0) is 12.8 Å². The number of rotatable bonds is 5. The fraction of sp³-hybridized carbons (Fsp3) is 1.00. The van der Waals surface area contributed by atoms with Gasteiger partial charge >= 0.3 is 0 Å². The maximum Gasteiger partial charge on any atom is 0.267 e. The van der Waals surface area contributed by atoms with Crippen molar-refractivity contribution in [3.8, 4) is 0 Å². The molecule has 0 saturated carbocycles. The van der Waals surface area contributed by atoms with E-state index >= 15 is 0 Å². The van der Waals surface area contributed by atoms with Crippen molar-refractivity contribution < 1.29 is 12.6 Å². The number of hydrogen-bond acceptors (Lipinski definition) is 5. The van der Waals surface area contributed by atoms with Crippen molar-refractivity contribution in [2.45, 2.75) is 26.7 Å². The Hall–Kier alpha value is 0.610. The van der Waals surface area contributed by atoms with Crippen LogP contribution < -0.4 is 0 Å². The van der Waals surface area contributed by atoms with Crippen molar-refractivity contribution in [3.63, 3.8) is 0 Å². The van der Waals surface area contributed by atoms with Crippen molar-refractivity contribution in [2.75, 3.05) is 23.9 Å². The summed E-state index contributed by atoms with van der Waals surface area (Å²) in [7, 11) is 0.714. The Morgan fingerprint density at radius 2 is 1.64 bits per heavy atom. The molecule has 14 heavy (non-hydrogen) atoms. The molecule has 0 N–H and O–H groups in total. The maximum atomic E-state index is 10.8. The van der Waals surface area contributed by atoms with Crippen LogP contribution in [0.4, 0.5) is 0 Å². The van der Waals surface area contributed by atoms with E-state index in [1.807, 2.05) is 35.4 Å². The molecule has 0 radical (unpaired) electrons. The second-order valence-electron chi connectivity index (χ2n) is 2.73. The van der Waals surface area contributed by atoms with Gasteiger partial charge in [-0.1, -0.05) is 35.4 Å². The molecule has 86 valence electrons. The molecule has 1 fully saturated rings. The van der Waals surface area contributed by atoms with Crippen molar-refractivity contribution >= 4 is 31.7 Å². The van der Waals surface area contributed by atoms with Crippen LogP contribution in [0.1, 0.15) is 26.7 Å². The van der Waals surface area contributed by atoms with Crippen LogP contribution in [0, 0.1) is 0 Å². The summed E-state index contributed by atoms with van der Waals surface area (Å²) in [4.78, 5) is 0. The summed E-state index contributed by atoms with van der Waals surface area (Å²) in [5.74, 6) is 2.89. The molecule has 1 saturated heterocycles. The first-order chi connectivity index (χ1) is 6.62. The first kappa shape index (κ1) is 14.6. The summed E-state index contributed by atoms with van der Waals surface area (Å²) in [6.45, 7) is 4.00. The van der Waals surface area contributed by atoms with Crippen LogP contribution in [-0.2, 0) is 14.3 Å². The zero-order valence-electron chi connectivity index (χ0n) is 8.69. The molecule has 1 heterocycles. The third-order valence-electron chi connectivity index (χ3n) is 1.25. The molecule has 0 aromatic carbocycles. The summed E-state index contributed by atoms with van der Waals surface area (Å²) < 4.78 is 26.1. The van der Waals surface area contributed by atoms with Crippen LogP contribution in [0.5, 0.6) is 0 Å². The largest absolute Gasteiger partial charge is 0.270 e. The van der Waals surface area contributed by atoms with Crippen LogP contribution >= 0.6 is 21.6 Å². The fourth-order valence-corrected chi connectivity index (χ4v) is 2.31. The SMILES string of the molecule is C1CSS1.CCCOS(=O)(=O)CCC. The minimum atomic E-state index is -3.19. The first-order valence-corrected chi connectivity index (χ1v) is 8.80. The quantitative estimate of drug-likeness (QED) is 0.560. The summed E-state index contributed by atoms with van der Waals surface area (Å²) in [5.41, 5.74) is 0. The van der Waals surface area contributed by atoms with Gasteiger partial charge in [0.1, 0.15) is 0 Å². The zero-order valence-corrected chi connectivity index (χ0v) is 11.1. The van der Waals surface area contributed by atoms with E-state index in [1.165, 1.54) is 11.5 Å². The molecule has 0 aliphatic carbocycles. The highest BCUT2D eigenvalue weighted by Gasteiger charge is 2.07. The number of hydrogen-bond donors (Lipinski definition) is 0. The Bertz CT molecular complexity index is 206. The molecule has 3 nitrogen and oxygen atoms in total. The molecule has 0 aromatic heterocycles. The van der Waals surface area contributed by atoms with Crippen molar-refractivity contribution in [3.05, 3.63) is 0 Å². The molecule has 0 amide bonds. The lowest BCUT2D eigenvalue weighted by Crippen LogP contribution is -2.10. The van der Waals surface area contributed by atoms with Gasteiger partial charge in [0.05, 0.1) is 12.4 Å². The highest BCUT2D eigenvalue weighted by Crippen LogP contribution is 2.31. The second-order valence-corrected chi connectivity index (χ2v) is 7.19. The van der Waals surface area contributed by atoms with Crippen LogP contribution in [0.3, 0.4) is 0 Å². The van der Waals surface area contributed by atoms with E-state index in [2.05, 4.69) is 4.18 Å². The molecule has 0 spiro atoms. The molecule has 0 aromatic rings. The molecule has 1 aliphatic heterocycles. The normalized spacial score (nSPS) is 15.3. The van der Waals surface area contributed by atoms with Gasteiger partial charge in [0.25, 0.3) is 10.1 Å². The Balaban J connectivity index is 0.000000344. The van der Waals surface area contributed by atoms with Gasteiger partial charge in [-0.15, -0.1) is 0 Å². The molecule has 0 bridgehead atoms. The van der Waals surface area contributed by atoms with Crippen LogP contribution in [0.2, 0.25) is 0 Å². The van der Waals surface area contributed by atoms with Crippen molar-refractivity contribution in [1.82, 2.24) is 0 Å². The molecule has 0 unspecified atom stereocenters. The van der Waals surface area contributed by atoms with Crippen molar-refractivity contribution in [2.24, 2.45) is 0 Å². The third kappa shape index (κ3) is 9.18. The van der Waals surface area contributed by atoms with Gasteiger partial charge in [0.15, 0.2) is 0 Å². The maximum absolute atomic E-state index is 10.8. The van der Waals surface area contributed by atoms with Crippen LogP contribution in [0.25, 0.3) is 0 Å². The molecule has 1 rings (SSSR count). The van der Waals surface area contributed by atoms with E-state index in [0.717, 1.165) is 6.42 Å². The van der Waals surface area contributed by atoms with E-state index in [-0.39, 0.29) is 5.75 Å². The summed E-state index contributed by atoms with van der Waals surface area (Å²) in [6, 6.07) is 0. The topological polar surface area (TPSA) is 43.4 Å². The average Bonchev–Trinajstić information content (AvgIpc) is 1.97. The lowest BCUT2D eigenvalue weighted by atomic mass is 10.5. The molecular formula is C8H18O3S3. The Kier molecular flexibility index (Phi) is 9.27. The predicted molar refractivity (Wildman–Crippen MR) is 65.2 cm³/mol. The molecule has 6 heteroatoms. The van der Waals surface area contributed by atoms with Gasteiger partial charge in [0, 0.05) is 11.5 Å². The average molecular weight is 258 g/mol. The lowest BCUT2D eigenvalue weighted by molar-refractivity contribution is 0.318. The lowest BCUT2D eigenvalue weighted by Gasteiger charge is -2.04. The van der Waals surface area contributed by atoms with Crippen molar-refractivity contribution in [1.29, 1.82) is 0 Å². The van der Waals surface area contributed by atoms with Crippen LogP contribution in [0.15, 0.2) is 0 Å². The first-order valence-electron chi connectivity index (χ1n) is 4.74. The van der Waals surface area contributed by atoms with Gasteiger partial charge < -0.3 is 0 Å². The highest BCUT2D eigenvalue weighted by molar-refractivity contribution is 8.79. The third-order valence-corrected chi connectivity index (χ3v) is 5.36. The van der Waals surface area contributed by atoms with Gasteiger partial charge in [0.2, 0.25) is 0 Å². The van der Waals surface area contributed by atoms with E-state index < -0.39 is 10.1 Å². The monoisotopic (exact) mass is 258 g/mol. The molecular weight excluding hydrogens is 240 g/mol. The smallest absolute Gasteiger partial charge is 0.267 e. The second kappa shape index (κ2) is 8.88. The van der Waals surface area contributed by atoms with Gasteiger partial charge in [-0.2, -0.15) is 8.42 Å². The Morgan fingerprint density at radius 1 is 1.14 bits per heavy atom. The van der Waals surface area contributed by atoms with E-state index in [9.17, 15) is 8.42 Å². The summed E-state index contributed by atoms with van der Waals surface area (Å²) in [5, 5.41) is 0. The Labute approximate surface area is 94.9 Å². The minimum absolute atomic E-state index is 0.132. The summed E-state index contributed by atoms with van der Waals surface area (Å²) >= 11 is 0.